The molecule has 1 N–H and O–H groups in total. The molecular formula is C15H15NO2. The summed E-state index contributed by atoms with van der Waals surface area (Å²) in [5.74, 6) is -0.884. The normalized spacial score (nSPS) is 10.9. The van der Waals surface area contributed by atoms with E-state index in [1.165, 1.54) is 0 Å². The van der Waals surface area contributed by atoms with Crippen LogP contribution in [0.5, 0.6) is 0 Å². The topological polar surface area (TPSA) is 42.2 Å². The lowest BCUT2D eigenvalue weighted by atomic mass is 10.2. The fourth-order valence-corrected chi connectivity index (χ4v) is 1.89. The van der Waals surface area contributed by atoms with Crippen LogP contribution in [0.25, 0.3) is 6.08 Å². The zero-order chi connectivity index (χ0) is 13.0. The van der Waals surface area contributed by atoms with E-state index in [9.17, 15) is 4.79 Å². The van der Waals surface area contributed by atoms with Crippen LogP contribution in [-0.2, 0) is 6.54 Å². The minimum Gasteiger partial charge on any atom is -0.477 e. The van der Waals surface area contributed by atoms with Gasteiger partial charge < -0.3 is 9.67 Å². The van der Waals surface area contributed by atoms with Gasteiger partial charge >= 0.3 is 5.97 Å². The highest BCUT2D eigenvalue weighted by Crippen LogP contribution is 2.10. The number of carbonyl (C=O) groups is 1. The number of nitrogens with zero attached hydrogens (tertiary/aromatic N) is 1. The third kappa shape index (κ3) is 2.69. The van der Waals surface area contributed by atoms with E-state index in [0.29, 0.717) is 12.2 Å². The molecule has 2 rings (SSSR count). The summed E-state index contributed by atoms with van der Waals surface area (Å²) in [7, 11) is 0. The Morgan fingerprint density at radius 1 is 1.28 bits per heavy atom. The lowest BCUT2D eigenvalue weighted by Crippen LogP contribution is -2.08. The fourth-order valence-electron chi connectivity index (χ4n) is 1.89. The van der Waals surface area contributed by atoms with Crippen molar-refractivity contribution in [1.82, 2.24) is 4.57 Å². The second-order valence-corrected chi connectivity index (χ2v) is 4.12. The van der Waals surface area contributed by atoms with E-state index in [4.69, 9.17) is 5.11 Å². The van der Waals surface area contributed by atoms with E-state index < -0.39 is 5.97 Å². The molecule has 3 nitrogen and oxygen atoms in total. The van der Waals surface area contributed by atoms with E-state index in [-0.39, 0.29) is 0 Å². The van der Waals surface area contributed by atoms with E-state index in [1.807, 2.05) is 48.6 Å². The van der Waals surface area contributed by atoms with Gasteiger partial charge in [-0.3, -0.25) is 0 Å². The molecule has 1 aromatic heterocycles. The fraction of sp³-hybridized carbons (Fsp3) is 0.133. The van der Waals surface area contributed by atoms with Crippen molar-refractivity contribution in [2.24, 2.45) is 0 Å². The lowest BCUT2D eigenvalue weighted by molar-refractivity contribution is 0.0685. The average molecular weight is 241 g/mol. The zero-order valence-corrected chi connectivity index (χ0v) is 10.2. The molecule has 0 unspecified atom stereocenters. The quantitative estimate of drug-likeness (QED) is 0.893. The second-order valence-electron chi connectivity index (χ2n) is 4.12. The summed E-state index contributed by atoms with van der Waals surface area (Å²) in [5.41, 5.74) is 2.25. The second kappa shape index (κ2) is 5.36. The monoisotopic (exact) mass is 241 g/mol. The van der Waals surface area contributed by atoms with Gasteiger partial charge in [-0.2, -0.15) is 0 Å². The molecule has 3 heteroatoms. The average Bonchev–Trinajstić information content (AvgIpc) is 2.72. The van der Waals surface area contributed by atoms with Crippen molar-refractivity contribution >= 4 is 12.0 Å². The number of rotatable bonds is 4. The molecule has 0 aliphatic heterocycles. The largest absolute Gasteiger partial charge is 0.477 e. The summed E-state index contributed by atoms with van der Waals surface area (Å²) >= 11 is 0. The van der Waals surface area contributed by atoms with E-state index in [0.717, 1.165) is 11.1 Å². The van der Waals surface area contributed by atoms with Gasteiger partial charge in [0.1, 0.15) is 5.69 Å². The Morgan fingerprint density at radius 2 is 2.00 bits per heavy atom. The van der Waals surface area contributed by atoms with Crippen LogP contribution in [0.15, 0.2) is 48.7 Å². The summed E-state index contributed by atoms with van der Waals surface area (Å²) in [6.07, 6.45) is 5.75. The van der Waals surface area contributed by atoms with Crippen molar-refractivity contribution in [3.63, 3.8) is 0 Å². The first-order valence-corrected chi connectivity index (χ1v) is 5.79. The van der Waals surface area contributed by atoms with Crippen molar-refractivity contribution in [3.8, 4) is 0 Å². The zero-order valence-electron chi connectivity index (χ0n) is 10.2. The standard InChI is InChI=1S/C15H15NO2/c1-12-9-11-16(14(12)15(17)18)10-5-8-13-6-3-2-4-7-13/h2-9,11H,10H2,1H3,(H,17,18)/b8-5+. The Kier molecular flexibility index (Phi) is 3.63. The predicted molar refractivity (Wildman–Crippen MR) is 71.6 cm³/mol. The first-order chi connectivity index (χ1) is 8.68. The number of hydrogen-bond acceptors (Lipinski definition) is 1. The summed E-state index contributed by atoms with van der Waals surface area (Å²) < 4.78 is 1.73. The molecule has 0 amide bonds. The molecule has 0 bridgehead atoms. The molecule has 1 aromatic carbocycles. The summed E-state index contributed by atoms with van der Waals surface area (Å²) in [6.45, 7) is 2.37. The van der Waals surface area contributed by atoms with Crippen LogP contribution in [0.3, 0.4) is 0 Å². The number of carboxylic acids is 1. The summed E-state index contributed by atoms with van der Waals surface area (Å²) in [4.78, 5) is 11.1. The van der Waals surface area contributed by atoms with Gasteiger partial charge in [0, 0.05) is 12.7 Å². The molecular weight excluding hydrogens is 226 g/mol. The molecule has 2 aromatic rings. The molecule has 0 atom stereocenters. The molecule has 0 saturated heterocycles. The third-order valence-corrected chi connectivity index (χ3v) is 2.78. The molecule has 18 heavy (non-hydrogen) atoms. The highest BCUT2D eigenvalue weighted by molar-refractivity contribution is 5.87. The van der Waals surface area contributed by atoms with Gasteiger partial charge in [0.05, 0.1) is 0 Å². The smallest absolute Gasteiger partial charge is 0.352 e. The van der Waals surface area contributed by atoms with Gasteiger partial charge in [0.25, 0.3) is 0 Å². The highest BCUT2D eigenvalue weighted by atomic mass is 16.4. The van der Waals surface area contributed by atoms with Crippen molar-refractivity contribution in [2.45, 2.75) is 13.5 Å². The molecule has 0 spiro atoms. The maximum atomic E-state index is 11.1. The molecule has 0 radical (unpaired) electrons. The Morgan fingerprint density at radius 3 is 2.67 bits per heavy atom. The summed E-state index contributed by atoms with van der Waals surface area (Å²) in [6, 6.07) is 11.8. The molecule has 0 saturated carbocycles. The maximum Gasteiger partial charge on any atom is 0.352 e. The SMILES string of the molecule is Cc1ccn(C/C=C/c2ccccc2)c1C(=O)O. The van der Waals surface area contributed by atoms with Crippen LogP contribution in [0.4, 0.5) is 0 Å². The van der Waals surface area contributed by atoms with Gasteiger partial charge in [-0.1, -0.05) is 42.5 Å². The van der Waals surface area contributed by atoms with Crippen LogP contribution in [0, 0.1) is 6.92 Å². The van der Waals surface area contributed by atoms with Gasteiger partial charge in [-0.15, -0.1) is 0 Å². The van der Waals surface area contributed by atoms with Crippen molar-refractivity contribution in [2.75, 3.05) is 0 Å². The van der Waals surface area contributed by atoms with Crippen LogP contribution >= 0.6 is 0 Å². The van der Waals surface area contributed by atoms with Crippen molar-refractivity contribution in [3.05, 3.63) is 65.5 Å². The minimum absolute atomic E-state index is 0.354. The minimum atomic E-state index is -0.884. The molecule has 0 aliphatic rings. The van der Waals surface area contributed by atoms with Crippen molar-refractivity contribution < 1.29 is 9.90 Å². The third-order valence-electron chi connectivity index (χ3n) is 2.78. The predicted octanol–water partition coefficient (Wildman–Crippen LogP) is 3.21. The number of aromatic nitrogens is 1. The highest BCUT2D eigenvalue weighted by Gasteiger charge is 2.11. The Bertz CT molecular complexity index is 567. The molecule has 0 aliphatic carbocycles. The number of hydrogen-bond donors (Lipinski definition) is 1. The van der Waals surface area contributed by atoms with Crippen molar-refractivity contribution in [1.29, 1.82) is 0 Å². The van der Waals surface area contributed by atoms with Gasteiger partial charge in [0.2, 0.25) is 0 Å². The Hall–Kier alpha value is -2.29. The number of carboxylic acid groups (broad SMARTS) is 1. The van der Waals surface area contributed by atoms with Crippen LogP contribution < -0.4 is 0 Å². The van der Waals surface area contributed by atoms with E-state index in [2.05, 4.69) is 0 Å². The van der Waals surface area contributed by atoms with Gasteiger partial charge in [-0.05, 0) is 24.1 Å². The van der Waals surface area contributed by atoms with Gasteiger partial charge in [-0.25, -0.2) is 4.79 Å². The van der Waals surface area contributed by atoms with Gasteiger partial charge in [0.15, 0.2) is 0 Å². The van der Waals surface area contributed by atoms with E-state index >= 15 is 0 Å². The van der Waals surface area contributed by atoms with Crippen LogP contribution in [0.1, 0.15) is 21.6 Å². The molecule has 0 fully saturated rings. The first kappa shape index (κ1) is 12.2. The molecule has 1 heterocycles. The summed E-state index contributed by atoms with van der Waals surface area (Å²) in [5, 5.41) is 9.11. The lowest BCUT2D eigenvalue weighted by Gasteiger charge is -2.03. The first-order valence-electron chi connectivity index (χ1n) is 5.79. The van der Waals surface area contributed by atoms with Crippen LogP contribution in [0.2, 0.25) is 0 Å². The molecule has 92 valence electrons. The van der Waals surface area contributed by atoms with E-state index in [1.54, 1.807) is 17.7 Å². The van der Waals surface area contributed by atoms with Crippen LogP contribution in [-0.4, -0.2) is 15.6 Å². The Labute approximate surface area is 106 Å². The number of allylic oxidation sites excluding steroid dienone is 1. The number of aryl methyl sites for hydroxylation is 1. The number of benzene rings is 1. The Balaban J connectivity index is 2.12. The maximum absolute atomic E-state index is 11.1. The number of aromatic carboxylic acids is 1.